The van der Waals surface area contributed by atoms with Crippen molar-refractivity contribution < 1.29 is 19.8 Å². The van der Waals surface area contributed by atoms with Crippen LogP contribution in [0.1, 0.15) is 68.6 Å². The fourth-order valence-electron chi connectivity index (χ4n) is 11.0. The van der Waals surface area contributed by atoms with Crippen LogP contribution in [0.15, 0.2) is 60.8 Å². The average molecular weight is 701 g/mol. The molecule has 10 rings (SSSR count). The zero-order valence-electron chi connectivity index (χ0n) is 28.9. The Hall–Kier alpha value is -4.87. The molecule has 2 atom stereocenters. The Morgan fingerprint density at radius 1 is 0.961 bits per heavy atom. The molecule has 1 amide bonds. The molecule has 2 aromatic carbocycles. The molecule has 5 aliphatic rings. The first kappa shape index (κ1) is 32.1. The predicted octanol–water partition coefficient (Wildman–Crippen LogP) is 5.47. The molecule has 4 aliphatic carbocycles. The van der Waals surface area contributed by atoms with Gasteiger partial charge >= 0.3 is 5.97 Å². The summed E-state index contributed by atoms with van der Waals surface area (Å²) in [5, 5.41) is 35.1. The highest BCUT2D eigenvalue weighted by atomic mass is 32.1. The Bertz CT molecular complexity index is 2340. The maximum Gasteiger partial charge on any atom is 0.355 e. The molecule has 4 bridgehead atoms. The number of carboxylic acids is 1. The number of nitrogens with zero attached hydrogens (tertiary/aromatic N) is 4. The standard InChI is InChI=1S/C40H40N6O4S/c1-23-28(15-42-46(23)22-39-17-37(2)16-38(3,18-39)20-40(50,19-37)21-39)26-10-11-30(43-33(26)35(48)49)24-8-9-25-13-41-14-29(27(25)12-24)34(47)45-36-44-31-6-4-5-7-32(31)51-36/h4-13,15,41,50H,14,16-22H2,1-3H3,(H,48,49)(H,44,45,47). The lowest BCUT2D eigenvalue weighted by atomic mass is 9.39. The van der Waals surface area contributed by atoms with E-state index in [9.17, 15) is 19.8 Å². The number of nitrogens with one attached hydrogen (secondary N) is 2. The number of thiazole rings is 1. The van der Waals surface area contributed by atoms with Gasteiger partial charge in [-0.1, -0.05) is 49.4 Å². The molecular weight excluding hydrogens is 661 g/mol. The minimum absolute atomic E-state index is 0.0423. The summed E-state index contributed by atoms with van der Waals surface area (Å²) < 4.78 is 3.01. The van der Waals surface area contributed by atoms with Gasteiger partial charge in [0.2, 0.25) is 0 Å². The first-order valence-corrected chi connectivity index (χ1v) is 18.4. The SMILES string of the molecule is Cc1c(-c2ccc(-c3ccc4c(c3)=C(C(=O)Nc3nc5ccccc5s3)CNC=4)nc2C(=O)O)cnn1CC12CC3(C)CC(C)(CC(O)(C3)C1)C2. The highest BCUT2D eigenvalue weighted by Crippen LogP contribution is 2.71. The number of aromatic carboxylic acids is 1. The van der Waals surface area contributed by atoms with Crippen molar-refractivity contribution in [1.29, 1.82) is 0 Å². The van der Waals surface area contributed by atoms with Gasteiger partial charge in [0.25, 0.3) is 5.91 Å². The number of aliphatic hydroxyl groups is 1. The van der Waals surface area contributed by atoms with E-state index < -0.39 is 11.6 Å². The molecule has 4 saturated carbocycles. The minimum Gasteiger partial charge on any atom is -0.476 e. The first-order chi connectivity index (χ1) is 24.3. The van der Waals surface area contributed by atoms with Gasteiger partial charge in [0, 0.05) is 47.2 Å². The summed E-state index contributed by atoms with van der Waals surface area (Å²) in [7, 11) is 0. The molecule has 4 N–H and O–H groups in total. The van der Waals surface area contributed by atoms with Crippen LogP contribution in [-0.4, -0.2) is 54.0 Å². The van der Waals surface area contributed by atoms with Gasteiger partial charge in [0.1, 0.15) is 0 Å². The summed E-state index contributed by atoms with van der Waals surface area (Å²) in [5.41, 5.74) is 4.26. The van der Waals surface area contributed by atoms with E-state index in [4.69, 9.17) is 5.10 Å². The van der Waals surface area contributed by atoms with Crippen LogP contribution < -0.4 is 21.1 Å². The van der Waals surface area contributed by atoms with Crippen molar-refractivity contribution in [3.63, 3.8) is 0 Å². The van der Waals surface area contributed by atoms with Crippen molar-refractivity contribution in [3.05, 3.63) is 82.6 Å². The number of aromatic nitrogens is 4. The Morgan fingerprint density at radius 2 is 1.75 bits per heavy atom. The molecule has 4 heterocycles. The van der Waals surface area contributed by atoms with Crippen LogP contribution in [-0.2, 0) is 11.3 Å². The van der Waals surface area contributed by atoms with Crippen LogP contribution in [0.4, 0.5) is 5.13 Å². The van der Waals surface area contributed by atoms with E-state index in [0.29, 0.717) is 40.6 Å². The Morgan fingerprint density at radius 3 is 2.49 bits per heavy atom. The fourth-order valence-corrected chi connectivity index (χ4v) is 11.9. The number of pyridine rings is 1. The number of carboxylic acid groups (broad SMARTS) is 1. The van der Waals surface area contributed by atoms with Crippen molar-refractivity contribution in [3.8, 4) is 22.4 Å². The molecular formula is C40H40N6O4S. The molecule has 51 heavy (non-hydrogen) atoms. The number of fused-ring (bicyclic) bond motifs is 2. The van der Waals surface area contributed by atoms with Crippen molar-refractivity contribution in [2.75, 3.05) is 11.9 Å². The lowest BCUT2D eigenvalue weighted by Crippen LogP contribution is -2.63. The zero-order valence-corrected chi connectivity index (χ0v) is 29.7. The number of hydrogen-bond donors (Lipinski definition) is 4. The molecule has 0 spiro atoms. The van der Waals surface area contributed by atoms with Gasteiger partial charge in [-0.25, -0.2) is 14.8 Å². The topological polar surface area (TPSA) is 142 Å². The second kappa shape index (κ2) is 11.1. The van der Waals surface area contributed by atoms with E-state index in [0.717, 1.165) is 70.4 Å². The molecule has 11 heteroatoms. The van der Waals surface area contributed by atoms with Gasteiger partial charge in [-0.15, -0.1) is 0 Å². The quantitative estimate of drug-likeness (QED) is 0.175. The average Bonchev–Trinajstić information content (AvgIpc) is 3.63. The number of rotatable bonds is 7. The van der Waals surface area contributed by atoms with E-state index in [1.54, 1.807) is 6.20 Å². The molecule has 4 fully saturated rings. The fraction of sp³-hybridized carbons (Fsp3) is 0.375. The van der Waals surface area contributed by atoms with Crippen LogP contribution >= 0.6 is 11.3 Å². The van der Waals surface area contributed by atoms with Gasteiger partial charge < -0.3 is 15.5 Å². The number of benzene rings is 2. The molecule has 0 saturated heterocycles. The van der Waals surface area contributed by atoms with Crippen molar-refractivity contribution in [2.24, 2.45) is 16.2 Å². The zero-order chi connectivity index (χ0) is 35.3. The smallest absolute Gasteiger partial charge is 0.355 e. The molecule has 1 aliphatic heterocycles. The van der Waals surface area contributed by atoms with Gasteiger partial charge in [-0.3, -0.25) is 14.8 Å². The monoisotopic (exact) mass is 700 g/mol. The van der Waals surface area contributed by atoms with Crippen LogP contribution in [0.3, 0.4) is 0 Å². The largest absolute Gasteiger partial charge is 0.476 e. The van der Waals surface area contributed by atoms with E-state index in [1.807, 2.05) is 72.4 Å². The number of carbonyl (C=O) groups is 2. The van der Waals surface area contributed by atoms with Crippen molar-refractivity contribution in [2.45, 2.75) is 71.4 Å². The normalized spacial score (nSPS) is 27.6. The van der Waals surface area contributed by atoms with Crippen LogP contribution in [0.5, 0.6) is 0 Å². The number of anilines is 1. The van der Waals surface area contributed by atoms with Gasteiger partial charge in [-0.05, 0) is 102 Å². The predicted molar refractivity (Wildman–Crippen MR) is 197 cm³/mol. The molecule has 2 unspecified atom stereocenters. The molecule has 10 nitrogen and oxygen atoms in total. The Balaban J connectivity index is 1.03. The van der Waals surface area contributed by atoms with Gasteiger partial charge in [-0.2, -0.15) is 5.10 Å². The third kappa shape index (κ3) is 5.45. The summed E-state index contributed by atoms with van der Waals surface area (Å²) in [6, 6.07) is 17.1. The number of carbonyl (C=O) groups excluding carboxylic acids is 1. The second-order valence-corrected chi connectivity index (χ2v) is 17.4. The molecule has 5 aromatic rings. The summed E-state index contributed by atoms with van der Waals surface area (Å²) in [4.78, 5) is 35.5. The third-order valence-corrected chi connectivity index (χ3v) is 12.6. The third-order valence-electron chi connectivity index (χ3n) is 11.6. The number of para-hydroxylation sites is 1. The highest BCUT2D eigenvalue weighted by molar-refractivity contribution is 7.22. The van der Waals surface area contributed by atoms with Crippen LogP contribution in [0.25, 0.3) is 44.4 Å². The molecule has 0 radical (unpaired) electrons. The number of amides is 1. The Kier molecular flexibility index (Phi) is 6.96. The first-order valence-electron chi connectivity index (χ1n) is 17.6. The maximum absolute atomic E-state index is 13.5. The Labute approximate surface area is 299 Å². The second-order valence-electron chi connectivity index (χ2n) is 16.4. The summed E-state index contributed by atoms with van der Waals surface area (Å²) in [6.45, 7) is 7.71. The van der Waals surface area contributed by atoms with Gasteiger partial charge in [0.05, 0.1) is 27.7 Å². The summed E-state index contributed by atoms with van der Waals surface area (Å²) in [6.07, 6.45) is 9.45. The minimum atomic E-state index is -1.12. The molecule has 260 valence electrons. The van der Waals surface area contributed by atoms with E-state index in [2.05, 4.69) is 34.4 Å². The van der Waals surface area contributed by atoms with E-state index in [1.165, 1.54) is 11.3 Å². The van der Waals surface area contributed by atoms with Crippen molar-refractivity contribution >= 4 is 50.3 Å². The summed E-state index contributed by atoms with van der Waals surface area (Å²) >= 11 is 1.42. The maximum atomic E-state index is 13.5. The molecule has 3 aromatic heterocycles. The van der Waals surface area contributed by atoms with Crippen molar-refractivity contribution in [1.82, 2.24) is 25.1 Å². The van der Waals surface area contributed by atoms with Gasteiger partial charge in [0.15, 0.2) is 10.8 Å². The van der Waals surface area contributed by atoms with Crippen LogP contribution in [0.2, 0.25) is 0 Å². The van der Waals surface area contributed by atoms with Crippen LogP contribution in [0, 0.1) is 23.2 Å². The van der Waals surface area contributed by atoms with E-state index in [-0.39, 0.29) is 27.8 Å². The number of hydrogen-bond acceptors (Lipinski definition) is 8. The summed E-state index contributed by atoms with van der Waals surface area (Å²) in [5.74, 6) is -1.37. The highest BCUT2D eigenvalue weighted by Gasteiger charge is 2.65. The lowest BCUT2D eigenvalue weighted by molar-refractivity contribution is -0.229. The lowest BCUT2D eigenvalue weighted by Gasteiger charge is -2.68. The van der Waals surface area contributed by atoms with E-state index >= 15 is 0 Å².